The summed E-state index contributed by atoms with van der Waals surface area (Å²) in [4.78, 5) is 37.9. The zero-order valence-corrected chi connectivity index (χ0v) is 12.3. The highest BCUT2D eigenvalue weighted by molar-refractivity contribution is 6.23. The fourth-order valence-corrected chi connectivity index (χ4v) is 3.06. The minimum atomic E-state index is -1.45. The van der Waals surface area contributed by atoms with Crippen molar-refractivity contribution in [3.05, 3.63) is 35.4 Å². The van der Waals surface area contributed by atoms with Crippen LogP contribution >= 0.6 is 0 Å². The van der Waals surface area contributed by atoms with E-state index in [0.717, 1.165) is 4.90 Å². The van der Waals surface area contributed by atoms with Crippen LogP contribution in [0.15, 0.2) is 24.3 Å². The molecule has 0 aliphatic carbocycles. The fourth-order valence-electron chi connectivity index (χ4n) is 3.06. The third kappa shape index (κ3) is 2.22. The Morgan fingerprint density at radius 3 is 1.81 bits per heavy atom. The summed E-state index contributed by atoms with van der Waals surface area (Å²) in [7, 11) is 0. The Labute approximate surface area is 123 Å². The molecular formula is C16H19NO4. The van der Waals surface area contributed by atoms with Crippen LogP contribution in [0, 0.1) is 0 Å². The second kappa shape index (κ2) is 5.68. The molecule has 5 heteroatoms. The molecule has 112 valence electrons. The lowest BCUT2D eigenvalue weighted by molar-refractivity contribution is -0.149. The topological polar surface area (TPSA) is 74.7 Å². The number of fused-ring (bicyclic) bond motifs is 1. The normalized spacial score (nSPS) is 14.5. The number of amides is 2. The van der Waals surface area contributed by atoms with E-state index in [9.17, 15) is 19.5 Å². The molecule has 0 aromatic heterocycles. The zero-order chi connectivity index (χ0) is 15.6. The molecule has 21 heavy (non-hydrogen) atoms. The van der Waals surface area contributed by atoms with E-state index < -0.39 is 23.3 Å². The summed E-state index contributed by atoms with van der Waals surface area (Å²) < 4.78 is 0. The van der Waals surface area contributed by atoms with Crippen LogP contribution in [0.2, 0.25) is 0 Å². The number of hydrogen-bond donors (Lipinski definition) is 1. The first kappa shape index (κ1) is 15.2. The highest BCUT2D eigenvalue weighted by Crippen LogP contribution is 2.35. The Hall–Kier alpha value is -2.17. The van der Waals surface area contributed by atoms with Crippen LogP contribution < -0.4 is 0 Å². The Morgan fingerprint density at radius 2 is 1.48 bits per heavy atom. The van der Waals surface area contributed by atoms with Gasteiger partial charge < -0.3 is 5.11 Å². The highest BCUT2D eigenvalue weighted by Gasteiger charge is 2.52. The van der Waals surface area contributed by atoms with Gasteiger partial charge in [0.25, 0.3) is 11.8 Å². The van der Waals surface area contributed by atoms with Crippen molar-refractivity contribution >= 4 is 17.8 Å². The second-order valence-corrected chi connectivity index (χ2v) is 5.33. The maximum absolute atomic E-state index is 12.5. The van der Waals surface area contributed by atoms with Gasteiger partial charge in [0.1, 0.15) is 5.54 Å². The van der Waals surface area contributed by atoms with E-state index in [4.69, 9.17) is 0 Å². The Kier molecular flexibility index (Phi) is 4.11. The summed E-state index contributed by atoms with van der Waals surface area (Å²) in [6.07, 6.45) is 1.70. The number of carbonyl (C=O) groups is 3. The number of hydrogen-bond acceptors (Lipinski definition) is 3. The number of benzene rings is 1. The molecule has 0 bridgehead atoms. The minimum absolute atomic E-state index is 0.266. The van der Waals surface area contributed by atoms with Crippen molar-refractivity contribution < 1.29 is 19.5 Å². The Morgan fingerprint density at radius 1 is 1.05 bits per heavy atom. The first-order chi connectivity index (χ1) is 9.99. The zero-order valence-electron chi connectivity index (χ0n) is 12.3. The molecule has 2 rings (SSSR count). The molecule has 0 fully saturated rings. The quantitative estimate of drug-likeness (QED) is 0.817. The molecule has 0 saturated carbocycles. The molecule has 0 spiro atoms. The first-order valence-corrected chi connectivity index (χ1v) is 7.21. The lowest BCUT2D eigenvalue weighted by Crippen LogP contribution is -2.57. The van der Waals surface area contributed by atoms with Gasteiger partial charge in [0.15, 0.2) is 0 Å². The number of carboxylic acids is 1. The van der Waals surface area contributed by atoms with Crippen molar-refractivity contribution in [1.82, 2.24) is 4.90 Å². The van der Waals surface area contributed by atoms with Crippen molar-refractivity contribution in [3.63, 3.8) is 0 Å². The molecule has 1 aromatic rings. The number of aliphatic carboxylic acids is 1. The van der Waals surface area contributed by atoms with E-state index in [2.05, 4.69) is 0 Å². The van der Waals surface area contributed by atoms with Gasteiger partial charge in [-0.1, -0.05) is 38.8 Å². The van der Waals surface area contributed by atoms with Crippen LogP contribution in [-0.2, 0) is 4.79 Å². The molecule has 0 unspecified atom stereocenters. The maximum atomic E-state index is 12.5. The Bertz CT molecular complexity index is 553. The van der Waals surface area contributed by atoms with Gasteiger partial charge in [-0.25, -0.2) is 4.79 Å². The number of rotatable bonds is 6. The molecule has 0 saturated heterocycles. The maximum Gasteiger partial charge on any atom is 0.330 e. The van der Waals surface area contributed by atoms with Crippen LogP contribution in [0.1, 0.15) is 60.2 Å². The van der Waals surface area contributed by atoms with Gasteiger partial charge in [0.05, 0.1) is 11.1 Å². The van der Waals surface area contributed by atoms with Gasteiger partial charge in [-0.3, -0.25) is 14.5 Å². The first-order valence-electron chi connectivity index (χ1n) is 7.21. The molecule has 1 aliphatic heterocycles. The average molecular weight is 289 g/mol. The van der Waals surface area contributed by atoms with Crippen LogP contribution in [0.5, 0.6) is 0 Å². The van der Waals surface area contributed by atoms with E-state index in [1.54, 1.807) is 24.3 Å². The molecule has 1 aromatic carbocycles. The molecule has 1 heterocycles. The van der Waals surface area contributed by atoms with Crippen LogP contribution in [0.4, 0.5) is 0 Å². The van der Waals surface area contributed by atoms with Gasteiger partial charge in [-0.05, 0) is 25.0 Å². The third-order valence-corrected chi connectivity index (χ3v) is 3.95. The van der Waals surface area contributed by atoms with Crippen molar-refractivity contribution in [3.8, 4) is 0 Å². The van der Waals surface area contributed by atoms with E-state index in [0.29, 0.717) is 24.0 Å². The van der Waals surface area contributed by atoms with E-state index in [1.165, 1.54) is 0 Å². The van der Waals surface area contributed by atoms with Gasteiger partial charge in [0.2, 0.25) is 0 Å². The molecule has 1 aliphatic rings. The Balaban J connectivity index is 2.55. The summed E-state index contributed by atoms with van der Waals surface area (Å²) in [6.45, 7) is 3.71. The number of imide groups is 1. The van der Waals surface area contributed by atoms with Crippen LogP contribution in [0.25, 0.3) is 0 Å². The predicted octanol–water partition coefficient (Wildman–Crippen LogP) is 2.71. The lowest BCUT2D eigenvalue weighted by atomic mass is 9.86. The summed E-state index contributed by atoms with van der Waals surface area (Å²) in [5.74, 6) is -2.11. The van der Waals surface area contributed by atoms with E-state index in [1.807, 2.05) is 13.8 Å². The predicted molar refractivity (Wildman–Crippen MR) is 77.1 cm³/mol. The number of nitrogens with zero attached hydrogens (tertiary/aromatic N) is 1. The van der Waals surface area contributed by atoms with Crippen molar-refractivity contribution in [1.29, 1.82) is 0 Å². The summed E-state index contributed by atoms with van der Waals surface area (Å²) in [5, 5.41) is 9.71. The number of carbonyl (C=O) groups excluding carboxylic acids is 2. The minimum Gasteiger partial charge on any atom is -0.479 e. The fraction of sp³-hybridized carbons (Fsp3) is 0.438. The van der Waals surface area contributed by atoms with E-state index in [-0.39, 0.29) is 12.8 Å². The molecular weight excluding hydrogens is 270 g/mol. The highest BCUT2D eigenvalue weighted by atomic mass is 16.4. The summed E-state index contributed by atoms with van der Waals surface area (Å²) in [5.41, 5.74) is -0.864. The molecule has 2 amide bonds. The van der Waals surface area contributed by atoms with Crippen molar-refractivity contribution in [2.75, 3.05) is 0 Å². The molecule has 1 N–H and O–H groups in total. The van der Waals surface area contributed by atoms with Gasteiger partial charge in [-0.15, -0.1) is 0 Å². The molecule has 5 nitrogen and oxygen atoms in total. The van der Waals surface area contributed by atoms with Crippen LogP contribution in [-0.4, -0.2) is 33.3 Å². The summed E-state index contributed by atoms with van der Waals surface area (Å²) >= 11 is 0. The summed E-state index contributed by atoms with van der Waals surface area (Å²) in [6, 6.07) is 6.49. The monoisotopic (exact) mass is 289 g/mol. The van der Waals surface area contributed by atoms with Crippen molar-refractivity contribution in [2.45, 2.75) is 45.1 Å². The average Bonchev–Trinajstić information content (AvgIpc) is 2.71. The van der Waals surface area contributed by atoms with E-state index >= 15 is 0 Å². The largest absolute Gasteiger partial charge is 0.479 e. The molecule has 0 radical (unpaired) electrons. The van der Waals surface area contributed by atoms with Gasteiger partial charge in [-0.2, -0.15) is 0 Å². The standard InChI is InChI=1S/C16H19NO4/c1-3-9-16(10-4-2,15(20)21)17-13(18)11-7-5-6-8-12(11)14(17)19/h5-8H,3-4,9-10H2,1-2H3,(H,20,21). The smallest absolute Gasteiger partial charge is 0.330 e. The van der Waals surface area contributed by atoms with Crippen molar-refractivity contribution in [2.24, 2.45) is 0 Å². The van der Waals surface area contributed by atoms with Crippen LogP contribution in [0.3, 0.4) is 0 Å². The molecule has 0 atom stereocenters. The second-order valence-electron chi connectivity index (χ2n) is 5.33. The SMILES string of the molecule is CCCC(CCC)(C(=O)O)N1C(=O)c2ccccc2C1=O. The van der Waals surface area contributed by atoms with Gasteiger partial charge >= 0.3 is 5.97 Å². The van der Waals surface area contributed by atoms with Gasteiger partial charge in [0, 0.05) is 0 Å². The third-order valence-electron chi connectivity index (χ3n) is 3.95. The number of carboxylic acid groups (broad SMARTS) is 1. The lowest BCUT2D eigenvalue weighted by Gasteiger charge is -2.36.